The van der Waals surface area contributed by atoms with Gasteiger partial charge in [0.1, 0.15) is 10.6 Å². The van der Waals surface area contributed by atoms with E-state index in [1.165, 1.54) is 40.3 Å². The van der Waals surface area contributed by atoms with E-state index in [2.05, 4.69) is 10.0 Å². The molecule has 0 aromatic heterocycles. The van der Waals surface area contributed by atoms with Crippen molar-refractivity contribution in [2.24, 2.45) is 0 Å². The summed E-state index contributed by atoms with van der Waals surface area (Å²) in [6, 6.07) is 3.82. The average Bonchev–Trinajstić information content (AvgIpc) is 2.60. The second kappa shape index (κ2) is 9.35. The van der Waals surface area contributed by atoms with Gasteiger partial charge in [0.05, 0.1) is 19.3 Å². The van der Waals surface area contributed by atoms with Crippen molar-refractivity contribution in [1.82, 2.24) is 10.0 Å². The van der Waals surface area contributed by atoms with Crippen molar-refractivity contribution >= 4 is 21.9 Å². The Balaban J connectivity index is 2.92. The molecule has 1 aromatic carbocycles. The molecule has 9 nitrogen and oxygen atoms in total. The van der Waals surface area contributed by atoms with E-state index in [0.717, 1.165) is 6.07 Å². The number of nitrogens with one attached hydrogen (secondary N) is 2. The third kappa shape index (κ3) is 5.69. The zero-order chi connectivity index (χ0) is 19.0. The number of hydrogen-bond acceptors (Lipinski definition) is 7. The molecule has 1 rings (SSSR count). The monoisotopic (exact) mass is 374 g/mol. The van der Waals surface area contributed by atoms with E-state index in [9.17, 15) is 18.0 Å². The predicted octanol–water partition coefficient (Wildman–Crippen LogP) is -0.0888. The lowest BCUT2D eigenvalue weighted by molar-refractivity contribution is -0.129. The highest BCUT2D eigenvalue weighted by Gasteiger charge is 2.23. The highest BCUT2D eigenvalue weighted by atomic mass is 32.2. The van der Waals surface area contributed by atoms with Crippen molar-refractivity contribution in [2.45, 2.75) is 17.9 Å². The first-order valence-electron chi connectivity index (χ1n) is 7.36. The molecule has 1 aromatic rings. The van der Waals surface area contributed by atoms with Gasteiger partial charge >= 0.3 is 5.97 Å². The lowest BCUT2D eigenvalue weighted by Crippen LogP contribution is -2.37. The van der Waals surface area contributed by atoms with Crippen LogP contribution in [0.4, 0.5) is 0 Å². The Hall–Kier alpha value is -2.17. The minimum absolute atomic E-state index is 0.0221. The quantitative estimate of drug-likeness (QED) is 0.458. The van der Waals surface area contributed by atoms with Gasteiger partial charge in [-0.3, -0.25) is 4.79 Å². The molecule has 0 spiro atoms. The largest absolute Gasteiger partial charge is 0.495 e. The van der Waals surface area contributed by atoms with E-state index in [4.69, 9.17) is 14.2 Å². The van der Waals surface area contributed by atoms with Gasteiger partial charge in [0.15, 0.2) is 6.10 Å². The molecule has 0 unspecified atom stereocenters. The summed E-state index contributed by atoms with van der Waals surface area (Å²) in [5.41, 5.74) is -0.0221. The number of benzene rings is 1. The average molecular weight is 374 g/mol. The van der Waals surface area contributed by atoms with E-state index in [1.54, 1.807) is 0 Å². The summed E-state index contributed by atoms with van der Waals surface area (Å²) in [6.45, 7) is 2.02. The number of rotatable bonds is 9. The van der Waals surface area contributed by atoms with Crippen molar-refractivity contribution in [3.63, 3.8) is 0 Å². The molecule has 25 heavy (non-hydrogen) atoms. The number of methoxy groups -OCH3 is 2. The van der Waals surface area contributed by atoms with Gasteiger partial charge < -0.3 is 19.5 Å². The molecule has 10 heteroatoms. The third-order valence-electron chi connectivity index (χ3n) is 3.22. The van der Waals surface area contributed by atoms with Gasteiger partial charge in [0.25, 0.3) is 5.91 Å². The highest BCUT2D eigenvalue weighted by Crippen LogP contribution is 2.25. The first-order chi connectivity index (χ1) is 11.8. The number of carbonyl (C=O) groups is 2. The molecule has 140 valence electrons. The van der Waals surface area contributed by atoms with Crippen LogP contribution in [0.25, 0.3) is 0 Å². The maximum absolute atomic E-state index is 12.2. The fourth-order valence-corrected chi connectivity index (χ4v) is 2.74. The summed E-state index contributed by atoms with van der Waals surface area (Å²) < 4.78 is 41.0. The van der Waals surface area contributed by atoms with Crippen molar-refractivity contribution in [3.05, 3.63) is 23.8 Å². The Labute approximate surface area is 146 Å². The Morgan fingerprint density at radius 1 is 1.24 bits per heavy atom. The Kier molecular flexibility index (Phi) is 7.81. The molecule has 0 saturated carbocycles. The second-order valence-corrected chi connectivity index (χ2v) is 6.76. The number of carbonyl (C=O) groups excluding carboxylic acids is 2. The van der Waals surface area contributed by atoms with Gasteiger partial charge in [-0.25, -0.2) is 17.9 Å². The summed E-state index contributed by atoms with van der Waals surface area (Å²) in [5.74, 6) is -1.23. The van der Waals surface area contributed by atoms with Crippen molar-refractivity contribution in [1.29, 1.82) is 0 Å². The van der Waals surface area contributed by atoms with Gasteiger partial charge in [0, 0.05) is 13.7 Å². The van der Waals surface area contributed by atoms with Gasteiger partial charge in [0.2, 0.25) is 10.0 Å². The molecule has 0 bridgehead atoms. The van der Waals surface area contributed by atoms with Gasteiger partial charge in [-0.1, -0.05) is 0 Å². The molecule has 0 fully saturated rings. The lowest BCUT2D eigenvalue weighted by atomic mass is 10.2. The normalized spacial score (nSPS) is 12.3. The molecule has 0 aliphatic rings. The topological polar surface area (TPSA) is 120 Å². The van der Waals surface area contributed by atoms with E-state index >= 15 is 0 Å². The van der Waals surface area contributed by atoms with Crippen LogP contribution < -0.4 is 14.8 Å². The molecule has 0 radical (unpaired) electrons. The number of esters is 1. The van der Waals surface area contributed by atoms with Crippen LogP contribution in [0, 0.1) is 0 Å². The zero-order valence-electron chi connectivity index (χ0n) is 14.5. The molecule has 1 atom stereocenters. The molecule has 2 N–H and O–H groups in total. The van der Waals surface area contributed by atoms with Crippen LogP contribution in [0.1, 0.15) is 17.3 Å². The van der Waals surface area contributed by atoms with E-state index in [1.807, 2.05) is 0 Å². The first kappa shape index (κ1) is 20.9. The van der Waals surface area contributed by atoms with Crippen LogP contribution in [-0.4, -0.2) is 60.8 Å². The number of sulfonamides is 1. The Bertz CT molecular complexity index is 719. The number of ether oxygens (including phenoxy) is 3. The minimum atomic E-state index is -3.83. The fourth-order valence-electron chi connectivity index (χ4n) is 1.83. The summed E-state index contributed by atoms with van der Waals surface area (Å²) in [4.78, 5) is 23.8. The SMILES string of the molecule is CNS(=O)(=O)c1cc(C(=O)O[C@H](C)C(=O)NCCOC)ccc1OC. The predicted molar refractivity (Wildman–Crippen MR) is 89.0 cm³/mol. The first-order valence-corrected chi connectivity index (χ1v) is 8.84. The standard InChI is InChI=1S/C15H22N2O7S/c1-10(14(18)17-7-8-22-3)24-15(19)11-5-6-12(23-4)13(9-11)25(20,21)16-2/h5-6,9-10,16H,7-8H2,1-4H3,(H,17,18)/t10-/m1/s1. The smallest absolute Gasteiger partial charge is 0.338 e. The van der Waals surface area contributed by atoms with Crippen LogP contribution in [0.15, 0.2) is 23.1 Å². The molecular weight excluding hydrogens is 352 g/mol. The molecule has 0 heterocycles. The second-order valence-electron chi connectivity index (χ2n) is 4.90. The Morgan fingerprint density at radius 2 is 1.92 bits per heavy atom. The van der Waals surface area contributed by atoms with Crippen molar-refractivity contribution < 1.29 is 32.2 Å². The van der Waals surface area contributed by atoms with Crippen molar-refractivity contribution in [3.8, 4) is 5.75 Å². The molecule has 1 amide bonds. The molecule has 0 aliphatic heterocycles. The summed E-state index contributed by atoms with van der Waals surface area (Å²) in [7, 11) is 0.220. The third-order valence-corrected chi connectivity index (χ3v) is 4.65. The van der Waals surface area contributed by atoms with Crippen LogP contribution in [0.5, 0.6) is 5.75 Å². The highest BCUT2D eigenvalue weighted by molar-refractivity contribution is 7.89. The summed E-state index contributed by atoms with van der Waals surface area (Å²) >= 11 is 0. The van der Waals surface area contributed by atoms with Crippen LogP contribution in [0.3, 0.4) is 0 Å². The van der Waals surface area contributed by atoms with E-state index < -0.39 is 28.0 Å². The van der Waals surface area contributed by atoms with Crippen LogP contribution >= 0.6 is 0 Å². The fraction of sp³-hybridized carbons (Fsp3) is 0.467. The van der Waals surface area contributed by atoms with Gasteiger partial charge in [-0.2, -0.15) is 0 Å². The van der Waals surface area contributed by atoms with E-state index in [-0.39, 0.29) is 22.8 Å². The maximum atomic E-state index is 12.2. The summed E-state index contributed by atoms with van der Waals surface area (Å²) in [5, 5.41) is 2.54. The van der Waals surface area contributed by atoms with E-state index in [0.29, 0.717) is 6.61 Å². The number of amides is 1. The molecule has 0 aliphatic carbocycles. The zero-order valence-corrected chi connectivity index (χ0v) is 15.3. The minimum Gasteiger partial charge on any atom is -0.495 e. The van der Waals surface area contributed by atoms with Crippen molar-refractivity contribution in [2.75, 3.05) is 34.4 Å². The van der Waals surface area contributed by atoms with Crippen LogP contribution in [-0.2, 0) is 24.3 Å². The molecule has 0 saturated heterocycles. The lowest BCUT2D eigenvalue weighted by Gasteiger charge is -2.14. The summed E-state index contributed by atoms with van der Waals surface area (Å²) in [6.07, 6.45) is -1.05. The van der Waals surface area contributed by atoms with Gasteiger partial charge in [-0.15, -0.1) is 0 Å². The maximum Gasteiger partial charge on any atom is 0.338 e. The number of hydrogen-bond donors (Lipinski definition) is 2. The Morgan fingerprint density at radius 3 is 2.48 bits per heavy atom. The molecular formula is C15H22N2O7S. The van der Waals surface area contributed by atoms with Gasteiger partial charge in [-0.05, 0) is 32.2 Å². The van der Waals surface area contributed by atoms with Crippen LogP contribution in [0.2, 0.25) is 0 Å².